The number of nitrogens with one attached hydrogen (secondary N) is 1. The Morgan fingerprint density at radius 2 is 1.70 bits per heavy atom. The predicted octanol–water partition coefficient (Wildman–Crippen LogP) is 2.66. The second kappa shape index (κ2) is 11.8. The lowest BCUT2D eigenvalue weighted by Gasteiger charge is -2.32. The average Bonchev–Trinajstić information content (AvgIpc) is 3.28. The number of anilines is 1. The van der Waals surface area contributed by atoms with Gasteiger partial charge in [-0.05, 0) is 38.2 Å². The van der Waals surface area contributed by atoms with Gasteiger partial charge in [0.1, 0.15) is 11.9 Å². The maximum atomic E-state index is 12.9. The van der Waals surface area contributed by atoms with Crippen LogP contribution in [0.2, 0.25) is 0 Å². The van der Waals surface area contributed by atoms with Crippen LogP contribution in [0.1, 0.15) is 27.6 Å². The fraction of sp³-hybridized carbons (Fsp3) is 0.385. The van der Waals surface area contributed by atoms with Crippen molar-refractivity contribution in [2.75, 3.05) is 52.3 Å². The molecule has 37 heavy (non-hydrogen) atoms. The Hall–Kier alpha value is -3.96. The van der Waals surface area contributed by atoms with Crippen molar-refractivity contribution >= 4 is 17.6 Å². The van der Waals surface area contributed by atoms with Gasteiger partial charge in [0.25, 0.3) is 11.8 Å². The number of amides is 2. The maximum Gasteiger partial charge on any atom is 0.257 e. The third kappa shape index (κ3) is 7.05. The fourth-order valence-electron chi connectivity index (χ4n) is 3.85. The molecule has 1 fully saturated rings. The second-order valence-electron chi connectivity index (χ2n) is 8.97. The van der Waals surface area contributed by atoms with Gasteiger partial charge in [-0.1, -0.05) is 0 Å². The van der Waals surface area contributed by atoms with Crippen LogP contribution in [0.4, 0.5) is 5.82 Å². The van der Waals surface area contributed by atoms with Crippen molar-refractivity contribution in [3.05, 3.63) is 59.8 Å². The van der Waals surface area contributed by atoms with Crippen molar-refractivity contribution in [1.29, 1.82) is 0 Å². The molecule has 0 bridgehead atoms. The summed E-state index contributed by atoms with van der Waals surface area (Å²) in [6, 6.07) is 11.6. The normalized spacial score (nSPS) is 14.8. The number of carbonyl (C=O) groups excluding carboxylic acids is 2. The van der Waals surface area contributed by atoms with Crippen LogP contribution in [0.15, 0.2) is 48.7 Å². The summed E-state index contributed by atoms with van der Waals surface area (Å²) in [5.41, 5.74) is 0.878. The van der Waals surface area contributed by atoms with Crippen LogP contribution in [0.5, 0.6) is 17.5 Å². The number of nitrogens with zero attached hydrogens (tertiary/aromatic N) is 5. The zero-order valence-electron chi connectivity index (χ0n) is 21.5. The summed E-state index contributed by atoms with van der Waals surface area (Å²) in [4.78, 5) is 34.2. The Balaban J connectivity index is 1.51. The lowest BCUT2D eigenvalue weighted by atomic mass is 10.1. The van der Waals surface area contributed by atoms with Gasteiger partial charge >= 0.3 is 0 Å². The SMILES string of the molecule is COC[C@@H](C)Oc1cc(C(=O)Nc2ccn(C)n2)cc(Oc2ccc(C(=O)N3CCN(C)CC3)cc2)n1. The number of methoxy groups -OCH3 is 1. The zero-order valence-corrected chi connectivity index (χ0v) is 21.5. The van der Waals surface area contributed by atoms with E-state index in [4.69, 9.17) is 14.2 Å². The average molecular weight is 509 g/mol. The highest BCUT2D eigenvalue weighted by Crippen LogP contribution is 2.26. The van der Waals surface area contributed by atoms with Crippen LogP contribution in [-0.4, -0.2) is 89.4 Å². The first-order valence-corrected chi connectivity index (χ1v) is 12.0. The molecule has 0 spiro atoms. The van der Waals surface area contributed by atoms with Crippen molar-refractivity contribution in [3.8, 4) is 17.5 Å². The van der Waals surface area contributed by atoms with Gasteiger partial charge in [0.2, 0.25) is 11.8 Å². The smallest absolute Gasteiger partial charge is 0.257 e. The molecule has 11 heteroatoms. The largest absolute Gasteiger partial charge is 0.472 e. The molecule has 11 nitrogen and oxygen atoms in total. The lowest BCUT2D eigenvalue weighted by Crippen LogP contribution is -2.47. The van der Waals surface area contributed by atoms with Gasteiger partial charge in [0.05, 0.1) is 12.2 Å². The van der Waals surface area contributed by atoms with E-state index < -0.39 is 0 Å². The van der Waals surface area contributed by atoms with Crippen LogP contribution in [0, 0.1) is 0 Å². The molecule has 1 atom stereocenters. The molecule has 3 aromatic rings. The molecule has 2 amide bonds. The molecule has 2 aromatic heterocycles. The highest BCUT2D eigenvalue weighted by Gasteiger charge is 2.20. The molecule has 1 aliphatic heterocycles. The van der Waals surface area contributed by atoms with Crippen molar-refractivity contribution < 1.29 is 23.8 Å². The summed E-state index contributed by atoms with van der Waals surface area (Å²) in [6.07, 6.45) is 1.44. The zero-order chi connectivity index (χ0) is 26.4. The molecule has 4 rings (SSSR count). The van der Waals surface area contributed by atoms with Gasteiger partial charge in [-0.2, -0.15) is 10.1 Å². The number of piperazine rings is 1. The molecular weight excluding hydrogens is 476 g/mol. The van der Waals surface area contributed by atoms with Crippen molar-refractivity contribution in [2.45, 2.75) is 13.0 Å². The summed E-state index contributed by atoms with van der Waals surface area (Å²) >= 11 is 0. The molecule has 3 heterocycles. The van der Waals surface area contributed by atoms with Gasteiger partial charge in [-0.15, -0.1) is 0 Å². The third-order valence-electron chi connectivity index (χ3n) is 5.83. The standard InChI is InChI=1S/C26H32N6O5/c1-18(17-35-4)36-23-15-20(25(33)27-22-9-10-31(3)29-22)16-24(28-23)37-21-7-5-19(6-8-21)26(34)32-13-11-30(2)12-14-32/h5-10,15-16,18H,11-14,17H2,1-4H3,(H,27,29,33)/t18-/m1/s1. The van der Waals surface area contributed by atoms with E-state index in [1.165, 1.54) is 12.1 Å². The van der Waals surface area contributed by atoms with E-state index in [-0.39, 0.29) is 35.2 Å². The summed E-state index contributed by atoms with van der Waals surface area (Å²) in [5.74, 6) is 0.891. The minimum Gasteiger partial charge on any atom is -0.472 e. The van der Waals surface area contributed by atoms with E-state index >= 15 is 0 Å². The van der Waals surface area contributed by atoms with Gasteiger partial charge < -0.3 is 29.3 Å². The van der Waals surface area contributed by atoms with Gasteiger partial charge in [0.15, 0.2) is 5.82 Å². The molecule has 0 radical (unpaired) electrons. The highest BCUT2D eigenvalue weighted by molar-refractivity contribution is 6.04. The lowest BCUT2D eigenvalue weighted by molar-refractivity contribution is 0.0664. The minimum atomic E-state index is -0.386. The van der Waals surface area contributed by atoms with E-state index in [1.807, 2.05) is 18.9 Å². The molecule has 1 aliphatic rings. The van der Waals surface area contributed by atoms with E-state index in [9.17, 15) is 9.59 Å². The Labute approximate surface area is 215 Å². The van der Waals surface area contributed by atoms with Crippen LogP contribution in [-0.2, 0) is 11.8 Å². The number of benzene rings is 1. The molecule has 1 aromatic carbocycles. The van der Waals surface area contributed by atoms with Crippen LogP contribution < -0.4 is 14.8 Å². The number of aryl methyl sites for hydroxylation is 1. The van der Waals surface area contributed by atoms with Crippen molar-refractivity contribution in [3.63, 3.8) is 0 Å². The van der Waals surface area contributed by atoms with E-state index in [0.717, 1.165) is 13.1 Å². The number of rotatable bonds is 9. The quantitative estimate of drug-likeness (QED) is 0.470. The van der Waals surface area contributed by atoms with Gasteiger partial charge in [0, 0.05) is 70.3 Å². The molecule has 1 saturated heterocycles. The number of hydrogen-bond donors (Lipinski definition) is 1. The molecule has 0 unspecified atom stereocenters. The second-order valence-corrected chi connectivity index (χ2v) is 8.97. The first kappa shape index (κ1) is 26.1. The highest BCUT2D eigenvalue weighted by atomic mass is 16.5. The molecule has 196 valence electrons. The fourth-order valence-corrected chi connectivity index (χ4v) is 3.85. The number of likely N-dealkylation sites (N-methyl/N-ethyl adjacent to an activating group) is 1. The Morgan fingerprint density at radius 1 is 1.00 bits per heavy atom. The maximum absolute atomic E-state index is 12.9. The topological polar surface area (TPSA) is 111 Å². The summed E-state index contributed by atoms with van der Waals surface area (Å²) < 4.78 is 18.5. The summed E-state index contributed by atoms with van der Waals surface area (Å²) in [6.45, 7) is 5.31. The Bertz CT molecular complexity index is 1220. The summed E-state index contributed by atoms with van der Waals surface area (Å²) in [5, 5.41) is 6.93. The minimum absolute atomic E-state index is 0.00576. The Morgan fingerprint density at radius 3 is 2.35 bits per heavy atom. The van der Waals surface area contributed by atoms with E-state index in [2.05, 4.69) is 20.3 Å². The first-order valence-electron chi connectivity index (χ1n) is 12.0. The number of aromatic nitrogens is 3. The van der Waals surface area contributed by atoms with Crippen LogP contribution >= 0.6 is 0 Å². The number of ether oxygens (including phenoxy) is 3. The van der Waals surface area contributed by atoms with Gasteiger partial charge in [-0.3, -0.25) is 14.3 Å². The number of hydrogen-bond acceptors (Lipinski definition) is 8. The van der Waals surface area contributed by atoms with Crippen molar-refractivity contribution in [2.24, 2.45) is 7.05 Å². The third-order valence-corrected chi connectivity index (χ3v) is 5.83. The Kier molecular flexibility index (Phi) is 8.36. The monoisotopic (exact) mass is 508 g/mol. The molecule has 0 aliphatic carbocycles. The summed E-state index contributed by atoms with van der Waals surface area (Å²) in [7, 11) is 5.39. The number of carbonyl (C=O) groups is 2. The molecular formula is C26H32N6O5. The molecule has 1 N–H and O–H groups in total. The first-order chi connectivity index (χ1) is 17.8. The molecule has 0 saturated carbocycles. The van der Waals surface area contributed by atoms with Crippen LogP contribution in [0.25, 0.3) is 0 Å². The van der Waals surface area contributed by atoms with E-state index in [0.29, 0.717) is 36.8 Å². The van der Waals surface area contributed by atoms with Crippen LogP contribution in [0.3, 0.4) is 0 Å². The van der Waals surface area contributed by atoms with Crippen molar-refractivity contribution in [1.82, 2.24) is 24.6 Å². The van der Waals surface area contributed by atoms with Gasteiger partial charge in [-0.25, -0.2) is 0 Å². The predicted molar refractivity (Wildman–Crippen MR) is 137 cm³/mol. The van der Waals surface area contributed by atoms with E-state index in [1.54, 1.807) is 55.4 Å². The number of pyridine rings is 1.